The Morgan fingerprint density at radius 1 is 1.04 bits per heavy atom. The minimum atomic E-state index is -1.26. The summed E-state index contributed by atoms with van der Waals surface area (Å²) in [5.74, 6) is -0.323. The molecule has 0 heterocycles. The standard InChI is InChI=1S/C20H27NO2S/c1-15(14-22)20(23,18-9-11-19(24-3)12-10-18)21-16(2)13-17-7-5-4-6-8-17/h4-12,15-16,21-23H,13-14H2,1-3H3/t15-,16?,20-/m0/s1. The van der Waals surface area contributed by atoms with Crippen molar-refractivity contribution in [1.82, 2.24) is 5.32 Å². The molecular formula is C20H27NO2S. The maximum atomic E-state index is 11.3. The molecule has 0 spiro atoms. The number of aliphatic hydroxyl groups excluding tert-OH is 1. The van der Waals surface area contributed by atoms with Crippen LogP contribution in [0.1, 0.15) is 25.0 Å². The summed E-state index contributed by atoms with van der Waals surface area (Å²) in [5, 5.41) is 24.3. The molecule has 0 saturated heterocycles. The Balaban J connectivity index is 2.20. The molecule has 1 unspecified atom stereocenters. The van der Waals surface area contributed by atoms with Gasteiger partial charge in [0.2, 0.25) is 0 Å². The Bertz CT molecular complexity index is 617. The van der Waals surface area contributed by atoms with E-state index in [-0.39, 0.29) is 18.6 Å². The van der Waals surface area contributed by atoms with Gasteiger partial charge in [0.1, 0.15) is 5.72 Å². The van der Waals surface area contributed by atoms with Gasteiger partial charge >= 0.3 is 0 Å². The van der Waals surface area contributed by atoms with Crippen LogP contribution in [-0.4, -0.2) is 29.1 Å². The molecule has 3 N–H and O–H groups in total. The van der Waals surface area contributed by atoms with Gasteiger partial charge in [0, 0.05) is 16.9 Å². The monoisotopic (exact) mass is 345 g/mol. The highest BCUT2D eigenvalue weighted by atomic mass is 32.2. The van der Waals surface area contributed by atoms with Crippen LogP contribution in [0.2, 0.25) is 0 Å². The van der Waals surface area contributed by atoms with Crippen molar-refractivity contribution in [2.24, 2.45) is 5.92 Å². The number of benzene rings is 2. The van der Waals surface area contributed by atoms with Gasteiger partial charge in [0.15, 0.2) is 0 Å². The molecule has 0 fully saturated rings. The van der Waals surface area contributed by atoms with Crippen LogP contribution in [0, 0.1) is 5.92 Å². The fourth-order valence-corrected chi connectivity index (χ4v) is 3.29. The average Bonchev–Trinajstić information content (AvgIpc) is 2.61. The van der Waals surface area contributed by atoms with E-state index in [9.17, 15) is 10.2 Å². The van der Waals surface area contributed by atoms with E-state index in [1.54, 1.807) is 11.8 Å². The number of aliphatic hydroxyl groups is 2. The quantitative estimate of drug-likeness (QED) is 0.507. The molecule has 0 saturated carbocycles. The molecule has 0 bridgehead atoms. The van der Waals surface area contributed by atoms with E-state index in [2.05, 4.69) is 24.4 Å². The van der Waals surface area contributed by atoms with Crippen molar-refractivity contribution in [2.75, 3.05) is 12.9 Å². The first-order chi connectivity index (χ1) is 11.5. The molecule has 0 radical (unpaired) electrons. The summed E-state index contributed by atoms with van der Waals surface area (Å²) in [6, 6.07) is 18.1. The molecule has 2 aromatic rings. The Labute approximate surface area is 149 Å². The fraction of sp³-hybridized carbons (Fsp3) is 0.400. The summed E-state index contributed by atoms with van der Waals surface area (Å²) in [6.07, 6.45) is 2.84. The van der Waals surface area contributed by atoms with E-state index < -0.39 is 5.72 Å². The van der Waals surface area contributed by atoms with Crippen molar-refractivity contribution in [2.45, 2.75) is 36.9 Å². The molecule has 130 valence electrons. The van der Waals surface area contributed by atoms with Crippen LogP contribution in [0.4, 0.5) is 0 Å². The lowest BCUT2D eigenvalue weighted by Gasteiger charge is -2.37. The minimum Gasteiger partial charge on any atom is -0.396 e. The number of nitrogens with one attached hydrogen (secondary N) is 1. The van der Waals surface area contributed by atoms with Crippen LogP contribution < -0.4 is 5.32 Å². The van der Waals surface area contributed by atoms with Crippen molar-refractivity contribution in [3.8, 4) is 0 Å². The highest BCUT2D eigenvalue weighted by Crippen LogP contribution is 2.29. The van der Waals surface area contributed by atoms with Gasteiger partial charge < -0.3 is 10.2 Å². The van der Waals surface area contributed by atoms with Gasteiger partial charge in [-0.3, -0.25) is 5.32 Å². The predicted molar refractivity (Wildman–Crippen MR) is 101 cm³/mol. The normalized spacial score (nSPS) is 16.4. The van der Waals surface area contributed by atoms with Crippen LogP contribution in [-0.2, 0) is 12.1 Å². The van der Waals surface area contributed by atoms with Crippen LogP contribution >= 0.6 is 11.8 Å². The largest absolute Gasteiger partial charge is 0.396 e. The summed E-state index contributed by atoms with van der Waals surface area (Å²) in [5.41, 5.74) is 0.732. The zero-order chi connectivity index (χ0) is 17.6. The number of thioether (sulfide) groups is 1. The second-order valence-corrected chi connectivity index (χ2v) is 7.19. The molecule has 24 heavy (non-hydrogen) atoms. The average molecular weight is 346 g/mol. The van der Waals surface area contributed by atoms with Gasteiger partial charge in [-0.05, 0) is 42.9 Å². The first kappa shape index (κ1) is 19.0. The van der Waals surface area contributed by atoms with Crippen LogP contribution in [0.15, 0.2) is 59.5 Å². The Morgan fingerprint density at radius 2 is 1.67 bits per heavy atom. The molecule has 0 aliphatic heterocycles. The van der Waals surface area contributed by atoms with E-state index in [1.165, 1.54) is 5.56 Å². The number of hydrogen-bond donors (Lipinski definition) is 3. The van der Waals surface area contributed by atoms with Gasteiger partial charge in [0.25, 0.3) is 0 Å². The van der Waals surface area contributed by atoms with E-state index in [0.717, 1.165) is 16.9 Å². The number of hydrogen-bond acceptors (Lipinski definition) is 4. The lowest BCUT2D eigenvalue weighted by Crippen LogP contribution is -2.52. The maximum Gasteiger partial charge on any atom is 0.147 e. The Kier molecular flexibility index (Phi) is 6.87. The third-order valence-electron chi connectivity index (χ3n) is 4.37. The van der Waals surface area contributed by atoms with Crippen molar-refractivity contribution in [3.05, 3.63) is 65.7 Å². The topological polar surface area (TPSA) is 52.5 Å². The molecule has 4 heteroatoms. The highest BCUT2D eigenvalue weighted by Gasteiger charge is 2.36. The summed E-state index contributed by atoms with van der Waals surface area (Å²) < 4.78 is 0. The second kappa shape index (κ2) is 8.67. The maximum absolute atomic E-state index is 11.3. The van der Waals surface area contributed by atoms with Crippen molar-refractivity contribution in [3.63, 3.8) is 0 Å². The SMILES string of the molecule is CSc1ccc([C@](O)(NC(C)Cc2ccccc2)[C@@H](C)CO)cc1. The number of rotatable bonds is 8. The summed E-state index contributed by atoms with van der Waals surface area (Å²) in [7, 11) is 0. The Morgan fingerprint density at radius 3 is 2.21 bits per heavy atom. The molecule has 0 aliphatic carbocycles. The first-order valence-corrected chi connectivity index (χ1v) is 9.51. The molecular weight excluding hydrogens is 318 g/mol. The van der Waals surface area contributed by atoms with Crippen molar-refractivity contribution < 1.29 is 10.2 Å². The lowest BCUT2D eigenvalue weighted by atomic mass is 9.89. The van der Waals surface area contributed by atoms with Crippen LogP contribution in [0.3, 0.4) is 0 Å². The third-order valence-corrected chi connectivity index (χ3v) is 5.11. The van der Waals surface area contributed by atoms with Crippen LogP contribution in [0.5, 0.6) is 0 Å². The van der Waals surface area contributed by atoms with Crippen molar-refractivity contribution in [1.29, 1.82) is 0 Å². The van der Waals surface area contributed by atoms with Gasteiger partial charge in [-0.2, -0.15) is 0 Å². The fourth-order valence-electron chi connectivity index (χ4n) is 2.88. The lowest BCUT2D eigenvalue weighted by molar-refractivity contribution is -0.0742. The van der Waals surface area contributed by atoms with E-state index >= 15 is 0 Å². The smallest absolute Gasteiger partial charge is 0.147 e. The predicted octanol–water partition coefficient (Wildman–Crippen LogP) is 3.40. The first-order valence-electron chi connectivity index (χ1n) is 8.29. The van der Waals surface area contributed by atoms with E-state index in [1.807, 2.05) is 55.6 Å². The molecule has 0 amide bonds. The van der Waals surface area contributed by atoms with Gasteiger partial charge in [-0.25, -0.2) is 0 Å². The molecule has 3 atom stereocenters. The third kappa shape index (κ3) is 4.61. The zero-order valence-electron chi connectivity index (χ0n) is 14.6. The van der Waals surface area contributed by atoms with Crippen molar-refractivity contribution >= 4 is 11.8 Å². The van der Waals surface area contributed by atoms with E-state index in [0.29, 0.717) is 0 Å². The van der Waals surface area contributed by atoms with Gasteiger partial charge in [-0.1, -0.05) is 49.4 Å². The molecule has 2 aromatic carbocycles. The highest BCUT2D eigenvalue weighted by molar-refractivity contribution is 7.98. The molecule has 2 rings (SSSR count). The second-order valence-electron chi connectivity index (χ2n) is 6.31. The Hall–Kier alpha value is -1.33. The summed E-state index contributed by atoms with van der Waals surface area (Å²) in [6.45, 7) is 3.81. The van der Waals surface area contributed by atoms with E-state index in [4.69, 9.17) is 0 Å². The van der Waals surface area contributed by atoms with Gasteiger partial charge in [-0.15, -0.1) is 11.8 Å². The summed E-state index contributed by atoms with van der Waals surface area (Å²) in [4.78, 5) is 1.15. The molecule has 0 aliphatic rings. The molecule has 3 nitrogen and oxygen atoms in total. The van der Waals surface area contributed by atoms with Gasteiger partial charge in [0.05, 0.1) is 6.61 Å². The molecule has 0 aromatic heterocycles. The summed E-state index contributed by atoms with van der Waals surface area (Å²) >= 11 is 1.67. The minimum absolute atomic E-state index is 0.0617. The van der Waals surface area contributed by atoms with Crippen LogP contribution in [0.25, 0.3) is 0 Å². The zero-order valence-corrected chi connectivity index (χ0v) is 15.4.